The van der Waals surface area contributed by atoms with Crippen LogP contribution in [0.1, 0.15) is 18.4 Å². The zero-order valence-corrected chi connectivity index (χ0v) is 14.8. The zero-order chi connectivity index (χ0) is 18.5. The third kappa shape index (κ3) is 4.40. The third-order valence-electron chi connectivity index (χ3n) is 5.02. The molecule has 0 bridgehead atoms. The highest BCUT2D eigenvalue weighted by molar-refractivity contribution is 5.84. The van der Waals surface area contributed by atoms with Gasteiger partial charge >= 0.3 is 0 Å². The van der Waals surface area contributed by atoms with E-state index in [9.17, 15) is 14.4 Å². The average Bonchev–Trinajstić information content (AvgIpc) is 2.68. The number of amides is 3. The van der Waals surface area contributed by atoms with Crippen LogP contribution in [0.4, 0.5) is 0 Å². The molecule has 2 saturated heterocycles. The van der Waals surface area contributed by atoms with Crippen LogP contribution in [0.3, 0.4) is 0 Å². The number of nitrogens with two attached hydrogens (primary N) is 1. The van der Waals surface area contributed by atoms with E-state index in [1.807, 2.05) is 30.3 Å². The summed E-state index contributed by atoms with van der Waals surface area (Å²) in [4.78, 5) is 40.2. The number of likely N-dealkylation sites (tertiary alicyclic amines) is 1. The summed E-state index contributed by atoms with van der Waals surface area (Å²) in [5.74, 6) is -0.747. The first kappa shape index (κ1) is 18.4. The van der Waals surface area contributed by atoms with Gasteiger partial charge in [-0.1, -0.05) is 30.3 Å². The Kier molecular flexibility index (Phi) is 5.88. The highest BCUT2D eigenvalue weighted by Crippen LogP contribution is 2.21. The van der Waals surface area contributed by atoms with Crippen molar-refractivity contribution in [2.75, 3.05) is 32.8 Å². The molecule has 2 unspecified atom stereocenters. The number of carbonyl (C=O) groups is 3. The number of hydrogen-bond acceptors (Lipinski definition) is 4. The van der Waals surface area contributed by atoms with E-state index in [1.165, 1.54) is 0 Å². The van der Waals surface area contributed by atoms with Crippen molar-refractivity contribution in [3.05, 3.63) is 35.9 Å². The summed E-state index contributed by atoms with van der Waals surface area (Å²) in [6, 6.07) is 9.62. The number of hydrogen-bond donors (Lipinski definition) is 1. The number of piperidine rings is 1. The topological polar surface area (TPSA) is 92.9 Å². The summed E-state index contributed by atoms with van der Waals surface area (Å²) in [6.45, 7) is 2.08. The summed E-state index contributed by atoms with van der Waals surface area (Å²) < 4.78 is 5.30. The fourth-order valence-electron chi connectivity index (χ4n) is 3.57. The lowest BCUT2D eigenvalue weighted by atomic mass is 9.95. The predicted molar refractivity (Wildman–Crippen MR) is 95.0 cm³/mol. The van der Waals surface area contributed by atoms with Gasteiger partial charge in [-0.15, -0.1) is 0 Å². The molecule has 2 N–H and O–H groups in total. The number of nitrogens with zero attached hydrogens (tertiary/aromatic N) is 2. The summed E-state index contributed by atoms with van der Waals surface area (Å²) in [7, 11) is 0. The maximum atomic E-state index is 12.8. The maximum absolute atomic E-state index is 12.8. The van der Waals surface area contributed by atoms with Crippen LogP contribution in [0.5, 0.6) is 0 Å². The Labute approximate surface area is 153 Å². The van der Waals surface area contributed by atoms with E-state index in [4.69, 9.17) is 10.5 Å². The Bertz CT molecular complexity index is 664. The zero-order valence-electron chi connectivity index (χ0n) is 14.8. The fraction of sp³-hybridized carbons (Fsp3) is 0.526. The van der Waals surface area contributed by atoms with Gasteiger partial charge in [0.1, 0.15) is 0 Å². The summed E-state index contributed by atoms with van der Waals surface area (Å²) >= 11 is 0. The van der Waals surface area contributed by atoms with Crippen molar-refractivity contribution in [3.63, 3.8) is 0 Å². The summed E-state index contributed by atoms with van der Waals surface area (Å²) in [6.07, 6.45) is 1.17. The van der Waals surface area contributed by atoms with E-state index in [0.717, 1.165) is 18.4 Å². The summed E-state index contributed by atoms with van der Waals surface area (Å²) in [5.41, 5.74) is 6.26. The number of ether oxygens (including phenoxy) is 1. The number of primary amides is 1. The summed E-state index contributed by atoms with van der Waals surface area (Å²) in [5, 5.41) is 0. The molecular formula is C19H25N3O4. The molecular weight excluding hydrogens is 334 g/mol. The number of rotatable bonds is 4. The van der Waals surface area contributed by atoms with Crippen molar-refractivity contribution in [2.24, 2.45) is 11.7 Å². The smallest absolute Gasteiger partial charge is 0.248 e. The highest BCUT2D eigenvalue weighted by Gasteiger charge is 2.34. The second-order valence-electron chi connectivity index (χ2n) is 6.89. The Hall–Kier alpha value is -2.41. The van der Waals surface area contributed by atoms with Crippen LogP contribution in [0.2, 0.25) is 0 Å². The van der Waals surface area contributed by atoms with Gasteiger partial charge in [0.15, 0.2) is 6.10 Å². The lowest BCUT2D eigenvalue weighted by Crippen LogP contribution is -2.54. The SMILES string of the molecule is NC(=O)C1CN(C(=O)C2CCCN(C(=O)Cc3ccccc3)C2)CCO1. The fourth-order valence-corrected chi connectivity index (χ4v) is 3.57. The van der Waals surface area contributed by atoms with Gasteiger partial charge in [-0.3, -0.25) is 14.4 Å². The third-order valence-corrected chi connectivity index (χ3v) is 5.02. The second-order valence-corrected chi connectivity index (χ2v) is 6.89. The quantitative estimate of drug-likeness (QED) is 0.830. The minimum Gasteiger partial charge on any atom is -0.367 e. The number of carbonyl (C=O) groups excluding carboxylic acids is 3. The Morgan fingerprint density at radius 3 is 2.58 bits per heavy atom. The molecule has 140 valence electrons. The van der Waals surface area contributed by atoms with Gasteiger partial charge in [-0.05, 0) is 18.4 Å². The molecule has 0 aliphatic carbocycles. The first-order valence-corrected chi connectivity index (χ1v) is 9.06. The van der Waals surface area contributed by atoms with Crippen LogP contribution in [-0.4, -0.2) is 66.4 Å². The Morgan fingerprint density at radius 2 is 1.85 bits per heavy atom. The molecule has 0 aromatic heterocycles. The van der Waals surface area contributed by atoms with E-state index in [1.54, 1.807) is 9.80 Å². The molecule has 2 aliphatic heterocycles. The molecule has 1 aromatic carbocycles. The van der Waals surface area contributed by atoms with Gasteiger partial charge in [0.05, 0.1) is 25.5 Å². The molecule has 0 radical (unpaired) electrons. The number of benzene rings is 1. The molecule has 7 heteroatoms. The molecule has 2 heterocycles. The minimum absolute atomic E-state index is 0.0169. The number of morpholine rings is 1. The van der Waals surface area contributed by atoms with Gasteiger partial charge in [-0.25, -0.2) is 0 Å². The van der Waals surface area contributed by atoms with E-state index >= 15 is 0 Å². The minimum atomic E-state index is -0.743. The second kappa shape index (κ2) is 8.31. The predicted octanol–water partition coefficient (Wildman–Crippen LogP) is 0.180. The van der Waals surface area contributed by atoms with Crippen molar-refractivity contribution < 1.29 is 19.1 Å². The molecule has 2 aliphatic rings. The van der Waals surface area contributed by atoms with Crippen molar-refractivity contribution in [1.82, 2.24) is 9.80 Å². The van der Waals surface area contributed by atoms with Crippen LogP contribution < -0.4 is 5.73 Å². The maximum Gasteiger partial charge on any atom is 0.248 e. The van der Waals surface area contributed by atoms with Gasteiger partial charge in [0.25, 0.3) is 0 Å². The standard InChI is InChI=1S/C19H25N3O4/c20-18(24)16-13-22(9-10-26-16)19(25)15-7-4-8-21(12-15)17(23)11-14-5-2-1-3-6-14/h1-3,5-6,15-16H,4,7-13H2,(H2,20,24). The first-order valence-electron chi connectivity index (χ1n) is 9.06. The van der Waals surface area contributed by atoms with Crippen LogP contribution in [-0.2, 0) is 25.5 Å². The largest absolute Gasteiger partial charge is 0.367 e. The van der Waals surface area contributed by atoms with E-state index < -0.39 is 12.0 Å². The highest BCUT2D eigenvalue weighted by atomic mass is 16.5. The van der Waals surface area contributed by atoms with Gasteiger partial charge in [0, 0.05) is 19.6 Å². The van der Waals surface area contributed by atoms with Crippen molar-refractivity contribution >= 4 is 17.7 Å². The van der Waals surface area contributed by atoms with Crippen LogP contribution in [0.15, 0.2) is 30.3 Å². The average molecular weight is 359 g/mol. The molecule has 2 fully saturated rings. The van der Waals surface area contributed by atoms with Crippen LogP contribution in [0.25, 0.3) is 0 Å². The van der Waals surface area contributed by atoms with Crippen LogP contribution >= 0.6 is 0 Å². The van der Waals surface area contributed by atoms with Gasteiger partial charge in [-0.2, -0.15) is 0 Å². The Morgan fingerprint density at radius 1 is 1.08 bits per heavy atom. The molecule has 3 rings (SSSR count). The molecule has 0 spiro atoms. The van der Waals surface area contributed by atoms with Crippen LogP contribution in [0, 0.1) is 5.92 Å². The van der Waals surface area contributed by atoms with E-state index in [0.29, 0.717) is 32.7 Å². The Balaban J connectivity index is 1.58. The normalized spacial score (nSPS) is 23.5. The molecule has 3 amide bonds. The monoisotopic (exact) mass is 359 g/mol. The lowest BCUT2D eigenvalue weighted by molar-refractivity contribution is -0.150. The van der Waals surface area contributed by atoms with E-state index in [2.05, 4.69) is 0 Å². The lowest BCUT2D eigenvalue weighted by Gasteiger charge is -2.37. The molecule has 0 saturated carbocycles. The van der Waals surface area contributed by atoms with Crippen molar-refractivity contribution in [3.8, 4) is 0 Å². The molecule has 2 atom stereocenters. The molecule has 7 nitrogen and oxygen atoms in total. The van der Waals surface area contributed by atoms with E-state index in [-0.39, 0.29) is 24.3 Å². The van der Waals surface area contributed by atoms with Gasteiger partial charge in [0.2, 0.25) is 17.7 Å². The molecule has 26 heavy (non-hydrogen) atoms. The van der Waals surface area contributed by atoms with Gasteiger partial charge < -0.3 is 20.3 Å². The molecule has 1 aromatic rings. The first-order chi connectivity index (χ1) is 12.5. The van der Waals surface area contributed by atoms with Crippen molar-refractivity contribution in [2.45, 2.75) is 25.4 Å². The van der Waals surface area contributed by atoms with Crippen molar-refractivity contribution in [1.29, 1.82) is 0 Å².